The highest BCUT2D eigenvalue weighted by Crippen LogP contribution is 2.51. The number of Topliss-reactive ketones (excluding diaryl/α,β-unsaturated/α-hetero) is 1. The first kappa shape index (κ1) is 20.9. The van der Waals surface area contributed by atoms with Gasteiger partial charge >= 0.3 is 0 Å². The lowest BCUT2D eigenvalue weighted by molar-refractivity contribution is -0.123. The lowest BCUT2D eigenvalue weighted by atomic mass is 9.70. The maximum Gasteiger partial charge on any atom is 0.240 e. The van der Waals surface area contributed by atoms with Gasteiger partial charge in [-0.3, -0.25) is 9.59 Å². The van der Waals surface area contributed by atoms with Crippen LogP contribution >= 0.6 is 11.6 Å². The maximum absolute atomic E-state index is 14.2. The summed E-state index contributed by atoms with van der Waals surface area (Å²) in [6, 6.07) is 23.2. The van der Waals surface area contributed by atoms with Crippen LogP contribution in [0.25, 0.3) is 0 Å². The number of nitrogens with zero attached hydrogens (tertiary/aromatic N) is 2. The van der Waals surface area contributed by atoms with E-state index in [0.29, 0.717) is 30.2 Å². The second kappa shape index (κ2) is 7.88. The van der Waals surface area contributed by atoms with Crippen LogP contribution in [0.2, 0.25) is 5.02 Å². The fourth-order valence-corrected chi connectivity index (χ4v) is 5.44. The molecule has 0 saturated carbocycles. The summed E-state index contributed by atoms with van der Waals surface area (Å²) in [5, 5.41) is 0.590. The number of aryl methyl sites for hydroxylation is 1. The molecule has 5 rings (SSSR count). The van der Waals surface area contributed by atoms with Gasteiger partial charge in [0, 0.05) is 29.4 Å². The van der Waals surface area contributed by atoms with Gasteiger partial charge in [0.15, 0.2) is 5.78 Å². The zero-order valence-corrected chi connectivity index (χ0v) is 19.0. The SMILES string of the molecule is Cc1ccc2c(c1)[C@@]1(CN(C)C[C@@H]1C(=O)c1ccc(Cl)cc1)C(=O)N2Cc1ccccc1. The molecular weight excluding hydrogens is 420 g/mol. The summed E-state index contributed by atoms with van der Waals surface area (Å²) in [6.45, 7) is 3.59. The minimum atomic E-state index is -0.887. The van der Waals surface area contributed by atoms with Gasteiger partial charge in [0.05, 0.1) is 12.5 Å². The minimum Gasteiger partial charge on any atom is -0.307 e. The Hall–Kier alpha value is -2.95. The zero-order chi connectivity index (χ0) is 22.5. The van der Waals surface area contributed by atoms with Crippen LogP contribution in [-0.4, -0.2) is 36.7 Å². The molecule has 2 atom stereocenters. The summed E-state index contributed by atoms with van der Waals surface area (Å²) < 4.78 is 0. The van der Waals surface area contributed by atoms with E-state index < -0.39 is 11.3 Å². The molecule has 3 aromatic rings. The number of ketones is 1. The number of carbonyl (C=O) groups excluding carboxylic acids is 2. The topological polar surface area (TPSA) is 40.6 Å². The molecule has 2 heterocycles. The number of halogens is 1. The third-order valence-electron chi connectivity index (χ3n) is 6.79. The Kier molecular flexibility index (Phi) is 5.15. The van der Waals surface area contributed by atoms with Crippen LogP contribution in [-0.2, 0) is 16.8 Å². The van der Waals surface area contributed by atoms with E-state index in [0.717, 1.165) is 22.4 Å². The summed E-state index contributed by atoms with van der Waals surface area (Å²) in [5.74, 6) is -0.450. The molecular formula is C27H25ClN2O2. The molecule has 2 aliphatic heterocycles. The highest BCUT2D eigenvalue weighted by Gasteiger charge is 2.61. The van der Waals surface area contributed by atoms with E-state index in [-0.39, 0.29) is 11.7 Å². The minimum absolute atomic E-state index is 0.00613. The summed E-state index contributed by atoms with van der Waals surface area (Å²) in [4.78, 5) is 31.9. The third-order valence-corrected chi connectivity index (χ3v) is 7.04. The van der Waals surface area contributed by atoms with Crippen LogP contribution in [0.4, 0.5) is 5.69 Å². The van der Waals surface area contributed by atoms with Crippen molar-refractivity contribution in [3.63, 3.8) is 0 Å². The van der Waals surface area contributed by atoms with Crippen LogP contribution in [0, 0.1) is 12.8 Å². The second-order valence-electron chi connectivity index (χ2n) is 8.99. The van der Waals surface area contributed by atoms with Crippen molar-refractivity contribution in [2.24, 2.45) is 5.92 Å². The number of likely N-dealkylation sites (N-methyl/N-ethyl adjacent to an activating group) is 1. The average molecular weight is 445 g/mol. The lowest BCUT2D eigenvalue weighted by Gasteiger charge is -2.29. The van der Waals surface area contributed by atoms with E-state index in [2.05, 4.69) is 11.0 Å². The molecule has 32 heavy (non-hydrogen) atoms. The smallest absolute Gasteiger partial charge is 0.240 e. The number of fused-ring (bicyclic) bond motifs is 2. The molecule has 1 spiro atoms. The zero-order valence-electron chi connectivity index (χ0n) is 18.2. The number of likely N-dealkylation sites (tertiary alicyclic amines) is 1. The lowest BCUT2D eigenvalue weighted by Crippen LogP contribution is -2.48. The Morgan fingerprint density at radius 1 is 1.06 bits per heavy atom. The predicted molar refractivity (Wildman–Crippen MR) is 127 cm³/mol. The van der Waals surface area contributed by atoms with Crippen molar-refractivity contribution in [1.29, 1.82) is 0 Å². The molecule has 1 saturated heterocycles. The number of rotatable bonds is 4. The summed E-state index contributed by atoms with van der Waals surface area (Å²) in [5.41, 5.74) is 3.74. The fourth-order valence-electron chi connectivity index (χ4n) is 5.31. The fraction of sp³-hybridized carbons (Fsp3) is 0.259. The first-order chi connectivity index (χ1) is 15.4. The number of hydrogen-bond acceptors (Lipinski definition) is 3. The number of carbonyl (C=O) groups is 2. The van der Waals surface area contributed by atoms with Gasteiger partial charge in [-0.2, -0.15) is 0 Å². The molecule has 0 unspecified atom stereocenters. The van der Waals surface area contributed by atoms with Gasteiger partial charge in [-0.1, -0.05) is 59.6 Å². The van der Waals surface area contributed by atoms with Gasteiger partial charge in [0.25, 0.3) is 0 Å². The van der Waals surface area contributed by atoms with Gasteiger partial charge < -0.3 is 9.80 Å². The molecule has 0 aromatic heterocycles. The summed E-state index contributed by atoms with van der Waals surface area (Å²) >= 11 is 6.04. The molecule has 0 N–H and O–H groups in total. The van der Waals surface area contributed by atoms with Gasteiger partial charge in [-0.15, -0.1) is 0 Å². The first-order valence-corrected chi connectivity index (χ1v) is 11.2. The molecule has 0 bridgehead atoms. The average Bonchev–Trinajstić information content (AvgIpc) is 3.25. The molecule has 0 aliphatic carbocycles. The number of benzene rings is 3. The monoisotopic (exact) mass is 444 g/mol. The summed E-state index contributed by atoms with van der Waals surface area (Å²) in [6.07, 6.45) is 0. The van der Waals surface area contributed by atoms with Gasteiger partial charge in [-0.05, 0) is 55.4 Å². The molecule has 5 heteroatoms. The molecule has 3 aromatic carbocycles. The van der Waals surface area contributed by atoms with Crippen molar-refractivity contribution >= 4 is 29.0 Å². The van der Waals surface area contributed by atoms with E-state index in [1.807, 2.05) is 61.3 Å². The Bertz CT molecular complexity index is 1190. The molecule has 0 radical (unpaired) electrons. The number of amides is 1. The standard InChI is InChI=1S/C27H25ClN2O2/c1-18-8-13-24-22(14-18)27(26(32)30(24)15-19-6-4-3-5-7-19)17-29(2)16-23(27)25(31)20-9-11-21(28)12-10-20/h3-14,23H,15-17H2,1-2H3/t23-,27-/m1/s1. The van der Waals surface area contributed by atoms with Crippen LogP contribution in [0.1, 0.15) is 27.0 Å². The van der Waals surface area contributed by atoms with E-state index in [4.69, 9.17) is 11.6 Å². The van der Waals surface area contributed by atoms with Crippen molar-refractivity contribution < 1.29 is 9.59 Å². The van der Waals surface area contributed by atoms with Gasteiger partial charge in [0.1, 0.15) is 5.41 Å². The Labute approximate surface area is 193 Å². The summed E-state index contributed by atoms with van der Waals surface area (Å²) in [7, 11) is 1.99. The third kappa shape index (κ3) is 3.26. The second-order valence-corrected chi connectivity index (χ2v) is 9.43. The molecule has 2 aliphatic rings. The maximum atomic E-state index is 14.2. The Morgan fingerprint density at radius 3 is 2.50 bits per heavy atom. The van der Waals surface area contributed by atoms with E-state index in [1.54, 1.807) is 24.3 Å². The predicted octanol–water partition coefficient (Wildman–Crippen LogP) is 4.88. The Balaban J connectivity index is 1.62. The first-order valence-electron chi connectivity index (χ1n) is 10.9. The van der Waals surface area contributed by atoms with E-state index in [9.17, 15) is 9.59 Å². The number of anilines is 1. The van der Waals surface area contributed by atoms with Crippen molar-refractivity contribution in [1.82, 2.24) is 4.90 Å². The van der Waals surface area contributed by atoms with E-state index >= 15 is 0 Å². The van der Waals surface area contributed by atoms with E-state index in [1.165, 1.54) is 0 Å². The molecule has 1 amide bonds. The largest absolute Gasteiger partial charge is 0.307 e. The van der Waals surface area contributed by atoms with Gasteiger partial charge in [-0.25, -0.2) is 0 Å². The number of hydrogen-bond donors (Lipinski definition) is 0. The van der Waals surface area contributed by atoms with Gasteiger partial charge in [0.2, 0.25) is 5.91 Å². The Morgan fingerprint density at radius 2 is 1.78 bits per heavy atom. The van der Waals surface area contributed by atoms with Crippen molar-refractivity contribution in [3.8, 4) is 0 Å². The van der Waals surface area contributed by atoms with Crippen LogP contribution in [0.15, 0.2) is 72.8 Å². The van der Waals surface area contributed by atoms with Crippen molar-refractivity contribution in [2.45, 2.75) is 18.9 Å². The van der Waals surface area contributed by atoms with Crippen LogP contribution in [0.3, 0.4) is 0 Å². The molecule has 1 fully saturated rings. The van der Waals surface area contributed by atoms with Crippen LogP contribution in [0.5, 0.6) is 0 Å². The molecule has 162 valence electrons. The molecule has 4 nitrogen and oxygen atoms in total. The van der Waals surface area contributed by atoms with Crippen LogP contribution < -0.4 is 4.90 Å². The highest BCUT2D eigenvalue weighted by molar-refractivity contribution is 6.30. The normalized spacial score (nSPS) is 22.5. The quantitative estimate of drug-likeness (QED) is 0.538. The van der Waals surface area contributed by atoms with Crippen molar-refractivity contribution in [3.05, 3.63) is 100 Å². The van der Waals surface area contributed by atoms with Crippen molar-refractivity contribution in [2.75, 3.05) is 25.0 Å². The highest BCUT2D eigenvalue weighted by atomic mass is 35.5.